The summed E-state index contributed by atoms with van der Waals surface area (Å²) < 4.78 is 14.6. The van der Waals surface area contributed by atoms with Gasteiger partial charge >= 0.3 is 0 Å². The van der Waals surface area contributed by atoms with Crippen LogP contribution in [-0.4, -0.2) is 46.5 Å². The summed E-state index contributed by atoms with van der Waals surface area (Å²) in [5.74, 6) is -0.650. The summed E-state index contributed by atoms with van der Waals surface area (Å²) in [6.07, 6.45) is 5.10. The van der Waals surface area contributed by atoms with Crippen molar-refractivity contribution in [1.29, 1.82) is 0 Å². The van der Waals surface area contributed by atoms with Gasteiger partial charge in [-0.2, -0.15) is 0 Å². The maximum atomic E-state index is 14.6. The normalized spacial score (nSPS) is 20.9. The van der Waals surface area contributed by atoms with E-state index in [9.17, 15) is 14.0 Å². The van der Waals surface area contributed by atoms with Crippen LogP contribution in [-0.2, 0) is 4.79 Å². The zero-order valence-electron chi connectivity index (χ0n) is 11.7. The monoisotopic (exact) mass is 291 g/mol. The average Bonchev–Trinajstić information content (AvgIpc) is 3.32. The lowest BCUT2D eigenvalue weighted by Crippen LogP contribution is -2.52. The number of carbonyl (C=O) groups excluding carboxylic acids is 2. The zero-order valence-corrected chi connectivity index (χ0v) is 11.7. The van der Waals surface area contributed by atoms with Crippen molar-refractivity contribution in [1.82, 2.24) is 15.2 Å². The molecule has 1 aliphatic heterocycles. The van der Waals surface area contributed by atoms with Gasteiger partial charge in [0, 0.05) is 49.9 Å². The molecule has 1 aliphatic carbocycles. The molecule has 1 aromatic heterocycles. The van der Waals surface area contributed by atoms with Gasteiger partial charge in [-0.15, -0.1) is 0 Å². The van der Waals surface area contributed by atoms with Crippen LogP contribution in [0.3, 0.4) is 0 Å². The number of rotatable bonds is 3. The van der Waals surface area contributed by atoms with Crippen LogP contribution >= 0.6 is 0 Å². The minimum absolute atomic E-state index is 0.0579. The molecule has 112 valence electrons. The average molecular weight is 291 g/mol. The quantitative estimate of drug-likeness (QED) is 0.913. The van der Waals surface area contributed by atoms with Gasteiger partial charge < -0.3 is 10.2 Å². The Hall–Kier alpha value is -1.98. The highest BCUT2D eigenvalue weighted by Gasteiger charge is 2.44. The second kappa shape index (κ2) is 5.42. The lowest BCUT2D eigenvalue weighted by Gasteiger charge is -2.35. The maximum absolute atomic E-state index is 14.6. The van der Waals surface area contributed by atoms with Gasteiger partial charge in [0.05, 0.1) is 0 Å². The van der Waals surface area contributed by atoms with Gasteiger partial charge in [-0.25, -0.2) is 4.39 Å². The summed E-state index contributed by atoms with van der Waals surface area (Å²) in [6.45, 7) is 0.519. The van der Waals surface area contributed by atoms with Crippen molar-refractivity contribution in [3.05, 3.63) is 30.1 Å². The van der Waals surface area contributed by atoms with Crippen LogP contribution in [0, 0.1) is 0 Å². The summed E-state index contributed by atoms with van der Waals surface area (Å²) in [5.41, 5.74) is -1.30. The molecule has 1 saturated carbocycles. The van der Waals surface area contributed by atoms with E-state index in [-0.39, 0.29) is 37.9 Å². The van der Waals surface area contributed by atoms with Crippen LogP contribution in [0.15, 0.2) is 24.5 Å². The fourth-order valence-corrected chi connectivity index (χ4v) is 2.51. The fourth-order valence-electron chi connectivity index (χ4n) is 2.51. The Morgan fingerprint density at radius 3 is 2.43 bits per heavy atom. The topological polar surface area (TPSA) is 62.3 Å². The molecule has 0 aromatic carbocycles. The molecule has 1 N–H and O–H groups in total. The van der Waals surface area contributed by atoms with Gasteiger partial charge in [0.1, 0.15) is 0 Å². The van der Waals surface area contributed by atoms with Crippen molar-refractivity contribution < 1.29 is 14.0 Å². The Balaban J connectivity index is 1.59. The van der Waals surface area contributed by atoms with Crippen LogP contribution in [0.5, 0.6) is 0 Å². The molecule has 1 saturated heterocycles. The van der Waals surface area contributed by atoms with Crippen molar-refractivity contribution in [3.63, 3.8) is 0 Å². The van der Waals surface area contributed by atoms with Crippen molar-refractivity contribution in [3.8, 4) is 0 Å². The molecule has 0 spiro atoms. The van der Waals surface area contributed by atoms with Crippen LogP contribution in [0.1, 0.15) is 36.0 Å². The fraction of sp³-hybridized carbons (Fsp3) is 0.533. The number of aromatic nitrogens is 1. The summed E-state index contributed by atoms with van der Waals surface area (Å²) in [6, 6.07) is 3.43. The number of hydrogen-bond donors (Lipinski definition) is 1. The van der Waals surface area contributed by atoms with Crippen LogP contribution in [0.4, 0.5) is 4.39 Å². The number of likely N-dealkylation sites (tertiary alicyclic amines) is 1. The molecule has 6 heteroatoms. The van der Waals surface area contributed by atoms with Gasteiger partial charge in [0.2, 0.25) is 0 Å². The smallest absolute Gasteiger partial charge is 0.258 e. The molecule has 2 amide bonds. The second-order valence-corrected chi connectivity index (χ2v) is 5.74. The van der Waals surface area contributed by atoms with E-state index in [1.165, 1.54) is 0 Å². The van der Waals surface area contributed by atoms with Crippen molar-refractivity contribution in [2.45, 2.75) is 37.4 Å². The first-order valence-corrected chi connectivity index (χ1v) is 7.28. The highest BCUT2D eigenvalue weighted by atomic mass is 19.1. The maximum Gasteiger partial charge on any atom is 0.258 e. The van der Waals surface area contributed by atoms with Gasteiger partial charge in [0.15, 0.2) is 5.67 Å². The SMILES string of the molecule is O=C(c1ccncc1)N1CCC(F)(C(=O)NC2CC2)CC1. The molecular formula is C15H18FN3O2. The number of hydrogen-bond acceptors (Lipinski definition) is 3. The van der Waals surface area contributed by atoms with Crippen LogP contribution < -0.4 is 5.32 Å². The van der Waals surface area contributed by atoms with Crippen molar-refractivity contribution >= 4 is 11.8 Å². The number of piperidine rings is 1. The summed E-state index contributed by atoms with van der Waals surface area (Å²) >= 11 is 0. The molecule has 2 aliphatic rings. The number of pyridine rings is 1. The molecule has 2 heterocycles. The van der Waals surface area contributed by atoms with E-state index in [0.717, 1.165) is 12.8 Å². The molecular weight excluding hydrogens is 273 g/mol. The third-order valence-corrected chi connectivity index (χ3v) is 4.09. The van der Waals surface area contributed by atoms with E-state index >= 15 is 0 Å². The number of nitrogens with one attached hydrogen (secondary N) is 1. The molecule has 5 nitrogen and oxygen atoms in total. The number of halogens is 1. The standard InChI is InChI=1S/C15H18FN3O2/c16-15(14(21)18-12-1-2-12)5-9-19(10-6-15)13(20)11-3-7-17-8-4-11/h3-4,7-8,12H,1-2,5-6,9-10H2,(H,18,21). The van der Waals surface area contributed by atoms with E-state index in [1.807, 2.05) is 0 Å². The molecule has 0 unspecified atom stereocenters. The van der Waals surface area contributed by atoms with E-state index in [2.05, 4.69) is 10.3 Å². The largest absolute Gasteiger partial charge is 0.351 e. The highest BCUT2D eigenvalue weighted by Crippen LogP contribution is 2.29. The first-order chi connectivity index (χ1) is 10.1. The molecule has 0 radical (unpaired) electrons. The van der Waals surface area contributed by atoms with E-state index in [0.29, 0.717) is 5.56 Å². The van der Waals surface area contributed by atoms with Gasteiger partial charge in [-0.05, 0) is 25.0 Å². The van der Waals surface area contributed by atoms with E-state index in [4.69, 9.17) is 0 Å². The number of alkyl halides is 1. The number of amides is 2. The Morgan fingerprint density at radius 1 is 1.24 bits per heavy atom. The predicted molar refractivity (Wildman–Crippen MR) is 74.4 cm³/mol. The summed E-state index contributed by atoms with van der Waals surface area (Å²) in [7, 11) is 0. The van der Waals surface area contributed by atoms with Gasteiger partial charge in [-0.1, -0.05) is 0 Å². The Morgan fingerprint density at radius 2 is 1.86 bits per heavy atom. The molecule has 2 fully saturated rings. The molecule has 21 heavy (non-hydrogen) atoms. The third kappa shape index (κ3) is 3.04. The third-order valence-electron chi connectivity index (χ3n) is 4.09. The van der Waals surface area contributed by atoms with Crippen LogP contribution in [0.25, 0.3) is 0 Å². The summed E-state index contributed by atoms with van der Waals surface area (Å²) in [5, 5.41) is 2.71. The van der Waals surface area contributed by atoms with E-state index in [1.54, 1.807) is 29.4 Å². The van der Waals surface area contributed by atoms with Gasteiger partial charge in [0.25, 0.3) is 11.8 Å². The Labute approximate surface area is 122 Å². The Bertz CT molecular complexity index is 537. The van der Waals surface area contributed by atoms with E-state index < -0.39 is 11.6 Å². The van der Waals surface area contributed by atoms with Crippen molar-refractivity contribution in [2.24, 2.45) is 0 Å². The minimum Gasteiger partial charge on any atom is -0.351 e. The second-order valence-electron chi connectivity index (χ2n) is 5.74. The first kappa shape index (κ1) is 14.0. The van der Waals surface area contributed by atoms with Crippen molar-refractivity contribution in [2.75, 3.05) is 13.1 Å². The number of nitrogens with zero attached hydrogens (tertiary/aromatic N) is 2. The Kier molecular flexibility index (Phi) is 3.61. The zero-order chi connectivity index (χ0) is 14.9. The highest BCUT2D eigenvalue weighted by molar-refractivity contribution is 5.94. The molecule has 0 atom stereocenters. The summed E-state index contributed by atoms with van der Waals surface area (Å²) in [4.78, 5) is 29.6. The molecule has 1 aromatic rings. The van der Waals surface area contributed by atoms with Gasteiger partial charge in [-0.3, -0.25) is 14.6 Å². The lowest BCUT2D eigenvalue weighted by molar-refractivity contribution is -0.135. The predicted octanol–water partition coefficient (Wildman–Crippen LogP) is 1.30. The van der Waals surface area contributed by atoms with Crippen LogP contribution in [0.2, 0.25) is 0 Å². The number of carbonyl (C=O) groups is 2. The molecule has 0 bridgehead atoms. The lowest BCUT2D eigenvalue weighted by atomic mass is 9.92. The minimum atomic E-state index is -1.84. The first-order valence-electron chi connectivity index (χ1n) is 7.28. The molecule has 3 rings (SSSR count).